The first-order valence-electron chi connectivity index (χ1n) is 3.65. The zero-order valence-electron chi connectivity index (χ0n) is 6.50. The third-order valence-corrected chi connectivity index (χ3v) is 3.57. The first-order valence-corrected chi connectivity index (χ1v) is 5.28. The van der Waals surface area contributed by atoms with Gasteiger partial charge in [0.05, 0.1) is 15.9 Å². The van der Waals surface area contributed by atoms with E-state index in [1.807, 2.05) is 12.1 Å². The Morgan fingerprint density at radius 3 is 2.85 bits per heavy atom. The molecule has 2 aromatic heterocycles. The van der Waals surface area contributed by atoms with E-state index in [0.717, 1.165) is 14.8 Å². The zero-order valence-corrected chi connectivity index (χ0v) is 8.83. The zero-order chi connectivity index (χ0) is 9.26. The van der Waals surface area contributed by atoms with Crippen LogP contribution in [0.4, 0.5) is 0 Å². The summed E-state index contributed by atoms with van der Waals surface area (Å²) in [6.45, 7) is 0. The molecule has 2 nitrogen and oxygen atoms in total. The van der Waals surface area contributed by atoms with Crippen molar-refractivity contribution in [3.8, 4) is 0 Å². The van der Waals surface area contributed by atoms with E-state index in [-0.39, 0.29) is 5.38 Å². The molecule has 0 radical (unpaired) electrons. The lowest BCUT2D eigenvalue weighted by Gasteiger charge is -2.01. The van der Waals surface area contributed by atoms with Gasteiger partial charge in [0.25, 0.3) is 0 Å². The van der Waals surface area contributed by atoms with Gasteiger partial charge in [0, 0.05) is 16.6 Å². The number of nitrogens with zero attached hydrogens (tertiary/aromatic N) is 1. The van der Waals surface area contributed by atoms with Gasteiger partial charge < -0.3 is 0 Å². The topological polar surface area (TPSA) is 28.7 Å². The molecule has 5 heteroatoms. The molecule has 0 saturated heterocycles. The van der Waals surface area contributed by atoms with Gasteiger partial charge >= 0.3 is 0 Å². The van der Waals surface area contributed by atoms with Crippen LogP contribution in [-0.2, 0) is 0 Å². The average Bonchev–Trinajstić information content (AvgIpc) is 2.72. The Kier molecular flexibility index (Phi) is 2.58. The summed E-state index contributed by atoms with van der Waals surface area (Å²) in [5, 5.41) is 6.41. The molecule has 0 aromatic carbocycles. The summed E-state index contributed by atoms with van der Waals surface area (Å²) in [4.78, 5) is 1.04. The SMILES string of the molecule is Clc1ccc(C(Cl)c2cn[nH]c2)s1. The lowest BCUT2D eigenvalue weighted by Crippen LogP contribution is -1.85. The number of hydrogen-bond acceptors (Lipinski definition) is 2. The Balaban J connectivity index is 2.28. The monoisotopic (exact) mass is 232 g/mol. The van der Waals surface area contributed by atoms with E-state index >= 15 is 0 Å². The molecular formula is C8H6Cl2N2S. The summed E-state index contributed by atoms with van der Waals surface area (Å²) in [6.07, 6.45) is 3.50. The predicted molar refractivity (Wildman–Crippen MR) is 55.6 cm³/mol. The maximum Gasteiger partial charge on any atom is 0.0958 e. The molecule has 13 heavy (non-hydrogen) atoms. The maximum atomic E-state index is 6.18. The highest BCUT2D eigenvalue weighted by Crippen LogP contribution is 2.34. The van der Waals surface area contributed by atoms with Crippen LogP contribution in [-0.4, -0.2) is 10.2 Å². The van der Waals surface area contributed by atoms with E-state index in [1.54, 1.807) is 12.4 Å². The number of nitrogens with one attached hydrogen (secondary N) is 1. The van der Waals surface area contributed by atoms with Crippen molar-refractivity contribution >= 4 is 34.5 Å². The summed E-state index contributed by atoms with van der Waals surface area (Å²) in [7, 11) is 0. The van der Waals surface area contributed by atoms with Crippen molar-refractivity contribution in [1.82, 2.24) is 10.2 Å². The third-order valence-electron chi connectivity index (χ3n) is 1.66. The Bertz CT molecular complexity index is 383. The number of H-pyrrole nitrogens is 1. The van der Waals surface area contributed by atoms with E-state index in [0.29, 0.717) is 0 Å². The number of aromatic nitrogens is 2. The number of halogens is 2. The Hall–Kier alpha value is -0.510. The highest BCUT2D eigenvalue weighted by molar-refractivity contribution is 7.16. The fourth-order valence-electron chi connectivity index (χ4n) is 1.03. The first-order chi connectivity index (χ1) is 6.27. The minimum absolute atomic E-state index is 0.156. The molecule has 0 aliphatic carbocycles. The average molecular weight is 233 g/mol. The molecular weight excluding hydrogens is 227 g/mol. The van der Waals surface area contributed by atoms with E-state index in [4.69, 9.17) is 23.2 Å². The van der Waals surface area contributed by atoms with Crippen LogP contribution >= 0.6 is 34.5 Å². The summed E-state index contributed by atoms with van der Waals surface area (Å²) >= 11 is 13.5. The minimum Gasteiger partial charge on any atom is -0.285 e. The van der Waals surface area contributed by atoms with Gasteiger partial charge in [0.1, 0.15) is 0 Å². The van der Waals surface area contributed by atoms with Gasteiger partial charge in [-0.15, -0.1) is 22.9 Å². The van der Waals surface area contributed by atoms with E-state index in [9.17, 15) is 0 Å². The summed E-state index contributed by atoms with van der Waals surface area (Å²) in [5.41, 5.74) is 0.959. The Labute approximate surface area is 89.5 Å². The molecule has 0 bridgehead atoms. The molecule has 2 aromatic rings. The van der Waals surface area contributed by atoms with Crippen molar-refractivity contribution < 1.29 is 0 Å². The molecule has 0 spiro atoms. The number of aromatic amines is 1. The molecule has 2 heterocycles. The second-order valence-corrected chi connectivity index (χ2v) is 4.72. The highest BCUT2D eigenvalue weighted by Gasteiger charge is 2.13. The summed E-state index contributed by atoms with van der Waals surface area (Å²) in [6, 6.07) is 3.77. The second-order valence-electron chi connectivity index (χ2n) is 2.54. The van der Waals surface area contributed by atoms with Crippen molar-refractivity contribution in [2.75, 3.05) is 0 Å². The lowest BCUT2D eigenvalue weighted by molar-refractivity contribution is 1.09. The van der Waals surface area contributed by atoms with Gasteiger partial charge in [-0.3, -0.25) is 5.10 Å². The molecule has 1 atom stereocenters. The molecule has 68 valence electrons. The van der Waals surface area contributed by atoms with Crippen molar-refractivity contribution in [3.63, 3.8) is 0 Å². The fourth-order valence-corrected chi connectivity index (χ4v) is 2.42. The van der Waals surface area contributed by atoms with Crippen molar-refractivity contribution in [2.45, 2.75) is 5.38 Å². The largest absolute Gasteiger partial charge is 0.285 e. The van der Waals surface area contributed by atoms with Crippen molar-refractivity contribution in [1.29, 1.82) is 0 Å². The van der Waals surface area contributed by atoms with Crippen LogP contribution in [0.25, 0.3) is 0 Å². The van der Waals surface area contributed by atoms with E-state index in [2.05, 4.69) is 10.2 Å². The number of rotatable bonds is 2. The minimum atomic E-state index is -0.156. The molecule has 0 fully saturated rings. The van der Waals surface area contributed by atoms with Crippen LogP contribution in [0.15, 0.2) is 24.5 Å². The summed E-state index contributed by atoms with van der Waals surface area (Å²) in [5.74, 6) is 0. The molecule has 0 aliphatic heterocycles. The quantitative estimate of drug-likeness (QED) is 0.790. The van der Waals surface area contributed by atoms with Gasteiger partial charge in [-0.2, -0.15) is 5.10 Å². The molecule has 2 rings (SSSR count). The summed E-state index contributed by atoms with van der Waals surface area (Å²) < 4.78 is 0.754. The number of alkyl halides is 1. The van der Waals surface area contributed by atoms with Gasteiger partial charge in [-0.05, 0) is 12.1 Å². The van der Waals surface area contributed by atoms with Gasteiger partial charge in [0.15, 0.2) is 0 Å². The lowest BCUT2D eigenvalue weighted by atomic mass is 10.2. The predicted octanol–water partition coefficient (Wildman–Crippen LogP) is 3.45. The Morgan fingerprint density at radius 1 is 1.46 bits per heavy atom. The smallest absolute Gasteiger partial charge is 0.0958 e. The fraction of sp³-hybridized carbons (Fsp3) is 0.125. The number of hydrogen-bond donors (Lipinski definition) is 1. The first kappa shape index (κ1) is 9.06. The molecule has 1 N–H and O–H groups in total. The van der Waals surface area contributed by atoms with Gasteiger partial charge in [-0.25, -0.2) is 0 Å². The second kappa shape index (κ2) is 3.70. The van der Waals surface area contributed by atoms with E-state index in [1.165, 1.54) is 11.3 Å². The van der Waals surface area contributed by atoms with Crippen molar-refractivity contribution in [2.24, 2.45) is 0 Å². The normalized spacial score (nSPS) is 13.1. The van der Waals surface area contributed by atoms with Crippen LogP contribution in [0.5, 0.6) is 0 Å². The van der Waals surface area contributed by atoms with Gasteiger partial charge in [-0.1, -0.05) is 11.6 Å². The number of thiophene rings is 1. The van der Waals surface area contributed by atoms with Crippen LogP contribution < -0.4 is 0 Å². The Morgan fingerprint density at radius 2 is 2.31 bits per heavy atom. The van der Waals surface area contributed by atoms with Crippen LogP contribution in [0, 0.1) is 0 Å². The molecule has 0 amide bonds. The maximum absolute atomic E-state index is 6.18. The molecule has 0 saturated carbocycles. The van der Waals surface area contributed by atoms with Gasteiger partial charge in [0.2, 0.25) is 0 Å². The van der Waals surface area contributed by atoms with Crippen molar-refractivity contribution in [3.05, 3.63) is 39.3 Å². The molecule has 1 unspecified atom stereocenters. The molecule has 0 aliphatic rings. The van der Waals surface area contributed by atoms with Crippen LogP contribution in [0.1, 0.15) is 15.8 Å². The third kappa shape index (κ3) is 1.88. The van der Waals surface area contributed by atoms with Crippen LogP contribution in [0.2, 0.25) is 4.34 Å². The standard InChI is InChI=1S/C8H6Cl2N2S/c9-7-2-1-6(13-7)8(10)5-3-11-12-4-5/h1-4,8H,(H,11,12). The van der Waals surface area contributed by atoms with E-state index < -0.39 is 0 Å². The highest BCUT2D eigenvalue weighted by atomic mass is 35.5. The van der Waals surface area contributed by atoms with Crippen LogP contribution in [0.3, 0.4) is 0 Å².